The highest BCUT2D eigenvalue weighted by Crippen LogP contribution is 2.11. The molecule has 0 heterocycles. The number of carboxylic acids is 2. The third-order valence-corrected chi connectivity index (χ3v) is 2.77. The first-order valence-corrected chi connectivity index (χ1v) is 6.38. The molecular weight excluding hydrogens is 332 g/mol. The zero-order chi connectivity index (χ0) is 15.1. The van der Waals surface area contributed by atoms with Gasteiger partial charge in [-0.1, -0.05) is 28.1 Å². The molecule has 2 amide bonds. The number of carbonyl (C=O) groups excluding carboxylic acids is 1. The van der Waals surface area contributed by atoms with E-state index in [4.69, 9.17) is 10.2 Å². The fourth-order valence-electron chi connectivity index (χ4n) is 1.46. The van der Waals surface area contributed by atoms with Gasteiger partial charge in [0.1, 0.15) is 13.1 Å². The Hall–Kier alpha value is -2.09. The topological polar surface area (TPSA) is 107 Å². The van der Waals surface area contributed by atoms with E-state index in [1.165, 1.54) is 0 Å². The standard InChI is InChI=1S/C12H13BrN2O5/c13-9-3-1-2-8(4-9)5-14-12(20)15(6-10(16)17)7-11(18)19/h1-4H,5-7H2,(H,14,20)(H,16,17)(H,18,19). The van der Waals surface area contributed by atoms with Crippen molar-refractivity contribution in [1.82, 2.24) is 10.2 Å². The molecule has 0 bridgehead atoms. The third-order valence-electron chi connectivity index (χ3n) is 2.27. The van der Waals surface area contributed by atoms with E-state index in [-0.39, 0.29) is 6.54 Å². The number of rotatable bonds is 6. The van der Waals surface area contributed by atoms with Gasteiger partial charge in [-0.15, -0.1) is 0 Å². The molecule has 0 radical (unpaired) electrons. The highest BCUT2D eigenvalue weighted by atomic mass is 79.9. The second kappa shape index (κ2) is 7.49. The third kappa shape index (κ3) is 5.70. The Labute approximate surface area is 123 Å². The van der Waals surface area contributed by atoms with Gasteiger partial charge in [-0.25, -0.2) is 4.79 Å². The van der Waals surface area contributed by atoms with Crippen molar-refractivity contribution < 1.29 is 24.6 Å². The molecule has 0 spiro atoms. The van der Waals surface area contributed by atoms with Crippen LogP contribution in [0.2, 0.25) is 0 Å². The molecule has 0 aliphatic rings. The summed E-state index contributed by atoms with van der Waals surface area (Å²) in [6, 6.07) is 6.45. The van der Waals surface area contributed by atoms with Crippen molar-refractivity contribution in [3.8, 4) is 0 Å². The molecule has 0 saturated carbocycles. The molecule has 1 aromatic rings. The molecule has 0 aromatic heterocycles. The first-order valence-electron chi connectivity index (χ1n) is 5.59. The summed E-state index contributed by atoms with van der Waals surface area (Å²) in [6.45, 7) is -1.17. The molecular formula is C12H13BrN2O5. The summed E-state index contributed by atoms with van der Waals surface area (Å²) in [5, 5.41) is 19.8. The average Bonchev–Trinajstić information content (AvgIpc) is 2.34. The molecule has 0 saturated heterocycles. The van der Waals surface area contributed by atoms with Crippen molar-refractivity contribution in [1.29, 1.82) is 0 Å². The number of carboxylic acid groups (broad SMARTS) is 2. The predicted molar refractivity (Wildman–Crippen MR) is 73.2 cm³/mol. The second-order valence-corrected chi connectivity index (χ2v) is 4.85. The van der Waals surface area contributed by atoms with Crippen LogP contribution in [-0.2, 0) is 16.1 Å². The van der Waals surface area contributed by atoms with Gasteiger partial charge in [-0.2, -0.15) is 0 Å². The SMILES string of the molecule is O=C(O)CN(CC(=O)O)C(=O)NCc1cccc(Br)c1. The van der Waals surface area contributed by atoms with E-state index in [1.54, 1.807) is 18.2 Å². The number of carbonyl (C=O) groups is 3. The normalized spacial score (nSPS) is 9.85. The van der Waals surface area contributed by atoms with Crippen LogP contribution in [0.4, 0.5) is 4.79 Å². The lowest BCUT2D eigenvalue weighted by Crippen LogP contribution is -2.45. The van der Waals surface area contributed by atoms with E-state index in [0.29, 0.717) is 4.90 Å². The number of halogens is 1. The van der Waals surface area contributed by atoms with Crippen LogP contribution in [0.3, 0.4) is 0 Å². The maximum Gasteiger partial charge on any atom is 0.323 e. The Bertz CT molecular complexity index is 504. The van der Waals surface area contributed by atoms with E-state index in [1.807, 2.05) is 6.07 Å². The quantitative estimate of drug-likeness (QED) is 0.717. The van der Waals surface area contributed by atoms with E-state index >= 15 is 0 Å². The molecule has 7 nitrogen and oxygen atoms in total. The van der Waals surface area contributed by atoms with Gasteiger partial charge in [0.15, 0.2) is 0 Å². The number of aliphatic carboxylic acids is 2. The smallest absolute Gasteiger partial charge is 0.323 e. The van der Waals surface area contributed by atoms with Crippen LogP contribution in [0.1, 0.15) is 5.56 Å². The minimum absolute atomic E-state index is 0.175. The van der Waals surface area contributed by atoms with Gasteiger partial charge < -0.3 is 20.4 Å². The first-order chi connectivity index (χ1) is 9.38. The molecule has 1 aromatic carbocycles. The minimum Gasteiger partial charge on any atom is -0.480 e. The van der Waals surface area contributed by atoms with Crippen molar-refractivity contribution >= 4 is 33.9 Å². The number of nitrogens with zero attached hydrogens (tertiary/aromatic N) is 1. The molecule has 0 aliphatic heterocycles. The zero-order valence-electron chi connectivity index (χ0n) is 10.4. The predicted octanol–water partition coefficient (Wildman–Crippen LogP) is 1.13. The highest BCUT2D eigenvalue weighted by Gasteiger charge is 2.19. The Morgan fingerprint density at radius 3 is 2.25 bits per heavy atom. The number of hydrogen-bond acceptors (Lipinski definition) is 3. The Balaban J connectivity index is 2.61. The van der Waals surface area contributed by atoms with Crippen LogP contribution in [0, 0.1) is 0 Å². The summed E-state index contributed by atoms with van der Waals surface area (Å²) in [5.74, 6) is -2.55. The fraction of sp³-hybridized carbons (Fsp3) is 0.250. The molecule has 0 atom stereocenters. The van der Waals surface area contributed by atoms with Crippen molar-refractivity contribution in [2.24, 2.45) is 0 Å². The van der Waals surface area contributed by atoms with Crippen LogP contribution < -0.4 is 5.32 Å². The van der Waals surface area contributed by atoms with E-state index in [0.717, 1.165) is 10.0 Å². The van der Waals surface area contributed by atoms with Gasteiger partial charge in [0.05, 0.1) is 0 Å². The summed E-state index contributed by atoms with van der Waals surface area (Å²) in [6.07, 6.45) is 0. The minimum atomic E-state index is -1.27. The van der Waals surface area contributed by atoms with Gasteiger partial charge >= 0.3 is 18.0 Å². The fourth-order valence-corrected chi connectivity index (χ4v) is 1.91. The second-order valence-electron chi connectivity index (χ2n) is 3.93. The Morgan fingerprint density at radius 2 is 1.75 bits per heavy atom. The van der Waals surface area contributed by atoms with Crippen LogP contribution in [-0.4, -0.2) is 46.2 Å². The molecule has 20 heavy (non-hydrogen) atoms. The lowest BCUT2D eigenvalue weighted by molar-refractivity contribution is -0.140. The molecule has 108 valence electrons. The summed E-state index contributed by atoms with van der Waals surface area (Å²) in [5.41, 5.74) is 0.804. The van der Waals surface area contributed by atoms with Crippen LogP contribution in [0.5, 0.6) is 0 Å². The molecule has 1 rings (SSSR count). The first kappa shape index (κ1) is 16.0. The van der Waals surface area contributed by atoms with Crippen molar-refractivity contribution in [3.63, 3.8) is 0 Å². The summed E-state index contributed by atoms with van der Waals surface area (Å²) in [7, 11) is 0. The molecule has 3 N–H and O–H groups in total. The highest BCUT2D eigenvalue weighted by molar-refractivity contribution is 9.10. The zero-order valence-corrected chi connectivity index (χ0v) is 12.0. The lowest BCUT2D eigenvalue weighted by Gasteiger charge is -2.19. The largest absolute Gasteiger partial charge is 0.480 e. The van der Waals surface area contributed by atoms with Gasteiger partial charge in [0, 0.05) is 11.0 Å². The van der Waals surface area contributed by atoms with E-state index in [2.05, 4.69) is 21.2 Å². The van der Waals surface area contributed by atoms with Gasteiger partial charge in [-0.05, 0) is 17.7 Å². The average molecular weight is 345 g/mol. The van der Waals surface area contributed by atoms with Gasteiger partial charge in [0.25, 0.3) is 0 Å². The number of nitrogens with one attached hydrogen (secondary N) is 1. The molecule has 8 heteroatoms. The number of benzene rings is 1. The summed E-state index contributed by atoms with van der Waals surface area (Å²) >= 11 is 3.29. The summed E-state index contributed by atoms with van der Waals surface area (Å²) < 4.78 is 0.845. The van der Waals surface area contributed by atoms with Gasteiger partial charge in [0.2, 0.25) is 0 Å². The van der Waals surface area contributed by atoms with Crippen LogP contribution in [0.15, 0.2) is 28.7 Å². The maximum atomic E-state index is 11.7. The number of amides is 2. The number of urea groups is 1. The molecule has 0 fully saturated rings. The summed E-state index contributed by atoms with van der Waals surface area (Å²) in [4.78, 5) is 33.6. The maximum absolute atomic E-state index is 11.7. The number of hydrogen-bond donors (Lipinski definition) is 3. The van der Waals surface area contributed by atoms with Gasteiger partial charge in [-0.3, -0.25) is 9.59 Å². The van der Waals surface area contributed by atoms with E-state index in [9.17, 15) is 14.4 Å². The van der Waals surface area contributed by atoms with Crippen LogP contribution in [0.25, 0.3) is 0 Å². The van der Waals surface area contributed by atoms with E-state index < -0.39 is 31.1 Å². The van der Waals surface area contributed by atoms with Crippen molar-refractivity contribution in [3.05, 3.63) is 34.3 Å². The van der Waals surface area contributed by atoms with Crippen molar-refractivity contribution in [2.45, 2.75) is 6.54 Å². The monoisotopic (exact) mass is 344 g/mol. The van der Waals surface area contributed by atoms with Crippen molar-refractivity contribution in [2.75, 3.05) is 13.1 Å². The molecule has 0 unspecified atom stereocenters. The lowest BCUT2D eigenvalue weighted by atomic mass is 10.2. The Morgan fingerprint density at radius 1 is 1.15 bits per heavy atom. The molecule has 0 aliphatic carbocycles. The Kier molecular flexibility index (Phi) is 5.98. The van der Waals surface area contributed by atoms with Crippen LogP contribution >= 0.6 is 15.9 Å².